The Kier molecular flexibility index (Phi) is 7.59. The van der Waals surface area contributed by atoms with Crippen molar-refractivity contribution < 1.29 is 9.53 Å². The summed E-state index contributed by atoms with van der Waals surface area (Å²) in [5.41, 5.74) is 8.93. The van der Waals surface area contributed by atoms with Gasteiger partial charge in [0.05, 0.1) is 23.9 Å². The van der Waals surface area contributed by atoms with Crippen LogP contribution in [-0.4, -0.2) is 56.8 Å². The summed E-state index contributed by atoms with van der Waals surface area (Å²) in [6.07, 6.45) is 5.23. The number of nitrogens with two attached hydrogens (primary N) is 1. The Morgan fingerprint density at radius 2 is 2.03 bits per heavy atom. The first-order valence-electron chi connectivity index (χ1n) is 12.8. The monoisotopic (exact) mass is 503 g/mol. The average Bonchev–Trinajstić information content (AvgIpc) is 3.17. The van der Waals surface area contributed by atoms with Crippen LogP contribution in [0.1, 0.15) is 36.8 Å². The van der Waals surface area contributed by atoms with E-state index in [0.717, 1.165) is 92.3 Å². The molecule has 0 atom stereocenters. The second kappa shape index (κ2) is 11.2. The number of hydrogen-bond acceptors (Lipinski definition) is 6. The van der Waals surface area contributed by atoms with E-state index >= 15 is 0 Å². The number of aryl methyl sites for hydroxylation is 1. The van der Waals surface area contributed by atoms with Gasteiger partial charge in [-0.1, -0.05) is 18.2 Å². The van der Waals surface area contributed by atoms with Crippen LogP contribution in [0.4, 0.5) is 15.5 Å². The molecular formula is C28H33N5O2S. The molecular weight excluding hydrogens is 470 g/mol. The van der Waals surface area contributed by atoms with E-state index in [1.807, 2.05) is 18.2 Å². The predicted molar refractivity (Wildman–Crippen MR) is 146 cm³/mol. The summed E-state index contributed by atoms with van der Waals surface area (Å²) in [4.78, 5) is 18.9. The number of primary amides is 1. The van der Waals surface area contributed by atoms with Crippen molar-refractivity contribution in [2.24, 2.45) is 5.73 Å². The second-order valence-corrected chi connectivity index (χ2v) is 10.6. The van der Waals surface area contributed by atoms with Crippen LogP contribution >= 0.6 is 11.3 Å². The van der Waals surface area contributed by atoms with Crippen molar-refractivity contribution in [2.75, 3.05) is 55.7 Å². The van der Waals surface area contributed by atoms with Crippen LogP contribution in [-0.2, 0) is 6.42 Å². The lowest BCUT2D eigenvalue weighted by molar-refractivity contribution is 0.253. The summed E-state index contributed by atoms with van der Waals surface area (Å²) in [5, 5.41) is 11.0. The minimum atomic E-state index is -0.430. The van der Waals surface area contributed by atoms with Gasteiger partial charge in [0.25, 0.3) is 0 Å². The Balaban J connectivity index is 1.13. The number of nitriles is 1. The van der Waals surface area contributed by atoms with Gasteiger partial charge in [0.1, 0.15) is 10.8 Å². The Morgan fingerprint density at radius 3 is 2.89 bits per heavy atom. The maximum atomic E-state index is 12.2. The molecule has 2 aliphatic rings. The van der Waals surface area contributed by atoms with Crippen molar-refractivity contribution in [3.63, 3.8) is 0 Å². The molecule has 8 heteroatoms. The molecule has 0 aliphatic carbocycles. The molecule has 2 amide bonds. The highest BCUT2D eigenvalue weighted by atomic mass is 32.1. The highest BCUT2D eigenvalue weighted by Crippen LogP contribution is 2.36. The predicted octanol–water partition coefficient (Wildman–Crippen LogP) is 4.98. The molecule has 2 aliphatic heterocycles. The Morgan fingerprint density at radius 1 is 1.11 bits per heavy atom. The van der Waals surface area contributed by atoms with Crippen LogP contribution in [0.3, 0.4) is 0 Å². The fourth-order valence-electron chi connectivity index (χ4n) is 5.21. The van der Waals surface area contributed by atoms with E-state index in [-0.39, 0.29) is 0 Å². The van der Waals surface area contributed by atoms with E-state index in [1.165, 1.54) is 22.6 Å². The van der Waals surface area contributed by atoms with Crippen LogP contribution in [0, 0.1) is 11.3 Å². The molecule has 188 valence electrons. The van der Waals surface area contributed by atoms with E-state index in [1.54, 1.807) is 11.0 Å². The zero-order chi connectivity index (χ0) is 24.9. The van der Waals surface area contributed by atoms with Gasteiger partial charge >= 0.3 is 6.03 Å². The topological polar surface area (TPSA) is 85.8 Å². The highest BCUT2D eigenvalue weighted by Gasteiger charge is 2.22. The van der Waals surface area contributed by atoms with Gasteiger partial charge in [-0.2, -0.15) is 5.26 Å². The largest absolute Gasteiger partial charge is 0.491 e. The molecule has 0 spiro atoms. The molecule has 36 heavy (non-hydrogen) atoms. The Labute approximate surface area is 216 Å². The van der Waals surface area contributed by atoms with Crippen molar-refractivity contribution in [3.8, 4) is 11.8 Å². The number of rotatable bonds is 7. The molecule has 1 fully saturated rings. The number of nitrogens with zero attached hydrogens (tertiary/aromatic N) is 4. The molecule has 0 bridgehead atoms. The van der Waals surface area contributed by atoms with Gasteiger partial charge in [-0.05, 0) is 80.4 Å². The lowest BCUT2D eigenvalue weighted by atomic mass is 10.0. The molecule has 2 aromatic carbocycles. The zero-order valence-corrected chi connectivity index (χ0v) is 21.4. The van der Waals surface area contributed by atoms with E-state index in [9.17, 15) is 4.79 Å². The molecule has 0 saturated carbocycles. The number of anilines is 2. The van der Waals surface area contributed by atoms with Crippen molar-refractivity contribution >= 4 is 38.1 Å². The number of unbranched alkanes of at least 4 members (excludes halogenated alkanes) is 1. The molecule has 0 radical (unpaired) electrons. The van der Waals surface area contributed by atoms with Gasteiger partial charge in [0.15, 0.2) is 0 Å². The minimum absolute atomic E-state index is 0.430. The van der Waals surface area contributed by atoms with Crippen LogP contribution in [0.15, 0.2) is 42.5 Å². The van der Waals surface area contributed by atoms with Gasteiger partial charge < -0.3 is 20.3 Å². The first kappa shape index (κ1) is 24.4. The number of para-hydroxylation sites is 1. The molecule has 0 unspecified atom stereocenters. The summed E-state index contributed by atoms with van der Waals surface area (Å²) in [6.45, 7) is 6.59. The van der Waals surface area contributed by atoms with Gasteiger partial charge in [0.2, 0.25) is 0 Å². The SMILES string of the molecule is N#Cc1ccc2cc(N(CCCCN3CCCN(c4cccc5c4OCCC5)CC3)C(N)=O)sc2c1. The molecule has 1 aromatic heterocycles. The van der Waals surface area contributed by atoms with Crippen molar-refractivity contribution in [2.45, 2.75) is 32.1 Å². The number of amides is 2. The van der Waals surface area contributed by atoms with Crippen molar-refractivity contribution in [3.05, 3.63) is 53.6 Å². The lowest BCUT2D eigenvalue weighted by Gasteiger charge is -2.28. The van der Waals surface area contributed by atoms with Crippen LogP contribution in [0.5, 0.6) is 5.75 Å². The summed E-state index contributed by atoms with van der Waals surface area (Å²) in [6, 6.07) is 15.9. The molecule has 3 heterocycles. The second-order valence-electron chi connectivity index (χ2n) is 9.55. The number of urea groups is 1. The molecule has 3 aromatic rings. The van der Waals surface area contributed by atoms with Gasteiger partial charge in [-0.25, -0.2) is 4.79 Å². The smallest absolute Gasteiger partial charge is 0.319 e. The molecule has 2 N–H and O–H groups in total. The van der Waals surface area contributed by atoms with E-state index in [0.29, 0.717) is 12.1 Å². The zero-order valence-electron chi connectivity index (χ0n) is 20.6. The van der Waals surface area contributed by atoms with Crippen LogP contribution in [0.2, 0.25) is 0 Å². The molecule has 7 nitrogen and oxygen atoms in total. The fourth-order valence-corrected chi connectivity index (χ4v) is 6.34. The van der Waals surface area contributed by atoms with Crippen molar-refractivity contribution in [1.29, 1.82) is 5.26 Å². The third-order valence-corrected chi connectivity index (χ3v) is 8.24. The Bertz CT molecular complexity index is 1270. The number of carbonyl (C=O) groups excluding carboxylic acids is 1. The first-order valence-corrected chi connectivity index (χ1v) is 13.7. The summed E-state index contributed by atoms with van der Waals surface area (Å²) in [5.74, 6) is 1.09. The third-order valence-electron chi connectivity index (χ3n) is 7.12. The molecule has 5 rings (SSSR count). The number of thiophene rings is 1. The van der Waals surface area contributed by atoms with E-state index in [4.69, 9.17) is 15.7 Å². The lowest BCUT2D eigenvalue weighted by Crippen LogP contribution is -2.36. The number of hydrogen-bond donors (Lipinski definition) is 1. The molecule has 1 saturated heterocycles. The van der Waals surface area contributed by atoms with Gasteiger partial charge in [-0.3, -0.25) is 4.90 Å². The quantitative estimate of drug-likeness (QED) is 0.460. The fraction of sp³-hybridized carbons (Fsp3) is 0.429. The van der Waals surface area contributed by atoms with E-state index < -0.39 is 6.03 Å². The highest BCUT2D eigenvalue weighted by molar-refractivity contribution is 7.23. The normalized spacial score (nSPS) is 16.1. The van der Waals surface area contributed by atoms with E-state index in [2.05, 4.69) is 34.1 Å². The summed E-state index contributed by atoms with van der Waals surface area (Å²) in [7, 11) is 0. The third kappa shape index (κ3) is 5.43. The van der Waals surface area contributed by atoms with Crippen molar-refractivity contribution in [1.82, 2.24) is 4.90 Å². The first-order chi connectivity index (χ1) is 17.6. The maximum Gasteiger partial charge on any atom is 0.319 e. The Hall–Kier alpha value is -3.28. The van der Waals surface area contributed by atoms with Crippen LogP contribution < -0.4 is 20.3 Å². The summed E-state index contributed by atoms with van der Waals surface area (Å²) < 4.78 is 7.05. The average molecular weight is 504 g/mol. The maximum absolute atomic E-state index is 12.2. The standard InChI is InChI=1S/C28H33N5O2S/c29-20-21-9-10-23-19-26(36-25(23)18-21)33(28(30)34)14-2-1-11-31-12-5-13-32(16-15-31)24-8-3-6-22-7-4-17-35-27(22)24/h3,6,8-10,18-19H,1-2,4-5,7,11-17H2,(H2,30,34). The number of ether oxygens (including phenoxy) is 1. The van der Waals surface area contributed by atoms with Gasteiger partial charge in [0, 0.05) is 30.9 Å². The number of benzene rings is 2. The summed E-state index contributed by atoms with van der Waals surface area (Å²) >= 11 is 1.51. The number of carbonyl (C=O) groups is 1. The minimum Gasteiger partial charge on any atom is -0.491 e. The van der Waals surface area contributed by atoms with Gasteiger partial charge in [-0.15, -0.1) is 11.3 Å². The number of fused-ring (bicyclic) bond motifs is 2. The van der Waals surface area contributed by atoms with Crippen LogP contribution in [0.25, 0.3) is 10.1 Å².